The van der Waals surface area contributed by atoms with Crippen LogP contribution in [0.15, 0.2) is 22.6 Å². The zero-order valence-electron chi connectivity index (χ0n) is 10.4. The second-order valence-electron chi connectivity index (χ2n) is 5.13. The molecule has 0 atom stereocenters. The molecule has 1 aliphatic heterocycles. The molecular formula is C13H14FN3OS. The zero-order chi connectivity index (χ0) is 13.5. The third-order valence-corrected chi connectivity index (χ3v) is 4.33. The maximum Gasteiger partial charge on any atom is 0.291 e. The number of carbonyl (C=O) groups excluding carboxylic acids is 1. The van der Waals surface area contributed by atoms with Gasteiger partial charge in [0.25, 0.3) is 5.91 Å². The van der Waals surface area contributed by atoms with Crippen LogP contribution in [0.25, 0.3) is 0 Å². The van der Waals surface area contributed by atoms with E-state index in [2.05, 4.69) is 22.1 Å². The van der Waals surface area contributed by atoms with Gasteiger partial charge in [-0.3, -0.25) is 10.1 Å². The first-order valence-electron chi connectivity index (χ1n) is 6.32. The molecule has 0 unspecified atom stereocenters. The van der Waals surface area contributed by atoms with Gasteiger partial charge in [0.1, 0.15) is 0 Å². The van der Waals surface area contributed by atoms with Crippen molar-refractivity contribution in [1.29, 1.82) is 0 Å². The van der Waals surface area contributed by atoms with Crippen molar-refractivity contribution >= 4 is 24.0 Å². The third-order valence-electron chi connectivity index (χ3n) is 4.16. The molecule has 4 nitrogen and oxygen atoms in total. The lowest BCUT2D eigenvalue weighted by Crippen LogP contribution is -2.52. The summed E-state index contributed by atoms with van der Waals surface area (Å²) in [5, 5.41) is 3.28. The van der Waals surface area contributed by atoms with E-state index in [0.717, 1.165) is 19.4 Å². The van der Waals surface area contributed by atoms with Crippen LogP contribution in [0.3, 0.4) is 0 Å². The van der Waals surface area contributed by atoms with Gasteiger partial charge in [0.15, 0.2) is 5.82 Å². The normalized spacial score (nSPS) is 20.4. The smallest absolute Gasteiger partial charge is 0.291 e. The molecule has 0 bridgehead atoms. The van der Waals surface area contributed by atoms with E-state index in [9.17, 15) is 9.18 Å². The van der Waals surface area contributed by atoms with Crippen LogP contribution < -0.4 is 10.2 Å². The summed E-state index contributed by atoms with van der Waals surface area (Å²) in [5.41, 5.74) is 0.441. The van der Waals surface area contributed by atoms with Crippen molar-refractivity contribution < 1.29 is 9.18 Å². The highest BCUT2D eigenvalue weighted by atomic mass is 32.1. The molecule has 1 aliphatic carbocycles. The Morgan fingerprint density at radius 3 is 2.89 bits per heavy atom. The van der Waals surface area contributed by atoms with E-state index in [1.807, 2.05) is 4.90 Å². The molecule has 1 amide bonds. The van der Waals surface area contributed by atoms with Crippen LogP contribution in [0.5, 0.6) is 0 Å². The van der Waals surface area contributed by atoms with Crippen molar-refractivity contribution in [3.8, 4) is 0 Å². The summed E-state index contributed by atoms with van der Waals surface area (Å²) >= 11 is 4.36. The van der Waals surface area contributed by atoms with E-state index in [0.29, 0.717) is 12.4 Å². The Bertz CT molecular complexity index is 545. The van der Waals surface area contributed by atoms with Crippen LogP contribution in [0.1, 0.15) is 29.6 Å². The first-order valence-corrected chi connectivity index (χ1v) is 6.69. The molecule has 1 saturated heterocycles. The number of halogens is 1. The van der Waals surface area contributed by atoms with Crippen LogP contribution in [-0.4, -0.2) is 24.7 Å². The second kappa shape index (κ2) is 4.61. The van der Waals surface area contributed by atoms with Gasteiger partial charge in [0, 0.05) is 19.0 Å². The van der Waals surface area contributed by atoms with Crippen LogP contribution in [-0.2, 0) is 12.4 Å². The number of rotatable bonds is 2. The first-order chi connectivity index (χ1) is 9.18. The lowest BCUT2D eigenvalue weighted by Gasteiger charge is -2.46. The summed E-state index contributed by atoms with van der Waals surface area (Å²) in [5.74, 6) is -1.21. The van der Waals surface area contributed by atoms with Gasteiger partial charge in [-0.1, -0.05) is 6.07 Å². The quantitative estimate of drug-likeness (QED) is 0.899. The van der Waals surface area contributed by atoms with Crippen molar-refractivity contribution in [2.24, 2.45) is 4.36 Å². The van der Waals surface area contributed by atoms with Crippen molar-refractivity contribution in [1.82, 2.24) is 5.32 Å². The molecular weight excluding hydrogens is 265 g/mol. The fourth-order valence-electron chi connectivity index (χ4n) is 2.98. The average Bonchev–Trinajstić information content (AvgIpc) is 2.82. The second-order valence-corrected chi connectivity index (χ2v) is 5.31. The number of benzene rings is 1. The minimum Gasteiger partial charge on any atom is -0.349 e. The number of carbonyl (C=O) groups is 1. The molecule has 3 rings (SSSR count). The summed E-state index contributed by atoms with van der Waals surface area (Å²) in [4.78, 5) is 13.5. The number of amides is 1. The molecule has 1 N–H and O–H groups in total. The van der Waals surface area contributed by atoms with Crippen LogP contribution in [0.4, 0.5) is 10.1 Å². The Labute approximate surface area is 116 Å². The molecule has 0 radical (unpaired) electrons. The number of nitrogens with one attached hydrogen (secondary N) is 1. The Morgan fingerprint density at radius 2 is 2.26 bits per heavy atom. The maximum absolute atomic E-state index is 14.5. The Balaban J connectivity index is 2.01. The molecule has 100 valence electrons. The standard InChI is InChI=1S/C13H14FN3OS/c14-11-9(12(18)16-19)3-1-4-10(11)17-8-15-7-13(17)5-2-6-13/h1,3-4,15H,2,5-8H2. The number of anilines is 1. The molecule has 2 aliphatic rings. The van der Waals surface area contributed by atoms with Gasteiger partial charge in [-0.05, 0) is 31.4 Å². The van der Waals surface area contributed by atoms with Crippen molar-refractivity contribution in [3.63, 3.8) is 0 Å². The highest BCUT2D eigenvalue weighted by molar-refractivity contribution is 7.47. The molecule has 1 spiro atoms. The SMILES string of the molecule is O=C(N=S)c1cccc(N2CNCC23CCC3)c1F. The minimum absolute atomic E-state index is 0.0214. The Kier molecular flexibility index (Phi) is 3.06. The molecule has 6 heteroatoms. The molecule has 1 heterocycles. The first kappa shape index (κ1) is 12.6. The third kappa shape index (κ3) is 1.86. The van der Waals surface area contributed by atoms with Crippen LogP contribution >= 0.6 is 0 Å². The molecule has 1 aromatic carbocycles. The summed E-state index contributed by atoms with van der Waals surface area (Å²) in [6.07, 6.45) is 3.28. The average molecular weight is 279 g/mol. The van der Waals surface area contributed by atoms with Gasteiger partial charge in [-0.15, -0.1) is 4.36 Å². The number of nitrogens with zero attached hydrogens (tertiary/aromatic N) is 2. The molecule has 19 heavy (non-hydrogen) atoms. The van der Waals surface area contributed by atoms with Gasteiger partial charge in [-0.25, -0.2) is 4.39 Å². The number of hydrogen-bond acceptors (Lipinski definition) is 4. The topological polar surface area (TPSA) is 44.7 Å². The molecule has 0 aromatic heterocycles. The fraction of sp³-hybridized carbons (Fsp3) is 0.462. The van der Waals surface area contributed by atoms with Crippen molar-refractivity contribution in [2.45, 2.75) is 24.8 Å². The minimum atomic E-state index is -0.691. The summed E-state index contributed by atoms with van der Waals surface area (Å²) in [6, 6.07) is 4.81. The van der Waals surface area contributed by atoms with E-state index in [1.54, 1.807) is 12.1 Å². The van der Waals surface area contributed by atoms with Gasteiger partial charge in [0.05, 0.1) is 23.5 Å². The lowest BCUT2D eigenvalue weighted by molar-refractivity contribution is 0.100. The van der Waals surface area contributed by atoms with E-state index in [-0.39, 0.29) is 11.1 Å². The van der Waals surface area contributed by atoms with Crippen LogP contribution in [0, 0.1) is 5.82 Å². The Hall–Kier alpha value is -1.40. The van der Waals surface area contributed by atoms with Crippen molar-refractivity contribution in [3.05, 3.63) is 29.6 Å². The van der Waals surface area contributed by atoms with E-state index < -0.39 is 11.7 Å². The van der Waals surface area contributed by atoms with E-state index >= 15 is 0 Å². The largest absolute Gasteiger partial charge is 0.349 e. The predicted molar refractivity (Wildman–Crippen MR) is 72.5 cm³/mol. The Morgan fingerprint density at radius 1 is 1.47 bits per heavy atom. The summed E-state index contributed by atoms with van der Waals surface area (Å²) in [6.45, 7) is 1.48. The predicted octanol–water partition coefficient (Wildman–Crippen LogP) is 1.99. The van der Waals surface area contributed by atoms with Crippen LogP contribution in [0.2, 0.25) is 0 Å². The maximum atomic E-state index is 14.5. The lowest BCUT2D eigenvalue weighted by atomic mass is 9.76. The number of hydrogen-bond donors (Lipinski definition) is 1. The molecule has 2 fully saturated rings. The molecule has 1 aromatic rings. The fourth-order valence-corrected chi connectivity index (χ4v) is 3.08. The highest BCUT2D eigenvalue weighted by Crippen LogP contribution is 2.43. The van der Waals surface area contributed by atoms with Gasteiger partial charge in [-0.2, -0.15) is 0 Å². The van der Waals surface area contributed by atoms with Gasteiger partial charge >= 0.3 is 0 Å². The highest BCUT2D eigenvalue weighted by Gasteiger charge is 2.46. The van der Waals surface area contributed by atoms with Gasteiger partial charge < -0.3 is 4.90 Å². The summed E-state index contributed by atoms with van der Waals surface area (Å²) in [7, 11) is 0. The zero-order valence-corrected chi connectivity index (χ0v) is 11.2. The van der Waals surface area contributed by atoms with E-state index in [1.165, 1.54) is 12.5 Å². The monoisotopic (exact) mass is 279 g/mol. The van der Waals surface area contributed by atoms with Crippen molar-refractivity contribution in [2.75, 3.05) is 18.1 Å². The van der Waals surface area contributed by atoms with E-state index in [4.69, 9.17) is 0 Å². The van der Waals surface area contributed by atoms with Gasteiger partial charge in [0.2, 0.25) is 0 Å². The summed E-state index contributed by atoms with van der Waals surface area (Å²) < 4.78 is 17.6. The molecule has 1 saturated carbocycles.